The molecule has 148 valence electrons. The molecule has 5 heteroatoms. The van der Waals surface area contributed by atoms with Gasteiger partial charge in [-0.05, 0) is 62.5 Å². The molecular weight excluding hydrogens is 350 g/mol. The Bertz CT molecular complexity index is 837. The molecule has 2 amide bonds. The van der Waals surface area contributed by atoms with E-state index in [0.717, 1.165) is 35.7 Å². The second-order valence-corrected chi connectivity index (χ2v) is 8.16. The fourth-order valence-electron chi connectivity index (χ4n) is 5.03. The summed E-state index contributed by atoms with van der Waals surface area (Å²) < 4.78 is 5.35. The highest BCUT2D eigenvalue weighted by molar-refractivity contribution is 5.94. The number of nitrogens with zero attached hydrogens (tertiary/aromatic N) is 2. The van der Waals surface area contributed by atoms with Crippen LogP contribution in [0.5, 0.6) is 5.75 Å². The van der Waals surface area contributed by atoms with Crippen LogP contribution in [0.25, 0.3) is 11.1 Å². The van der Waals surface area contributed by atoms with E-state index in [9.17, 15) is 4.79 Å². The van der Waals surface area contributed by atoms with Crippen LogP contribution in [0, 0.1) is 11.8 Å². The Labute approximate surface area is 167 Å². The number of anilines is 1. The molecule has 1 saturated heterocycles. The number of urea groups is 1. The Morgan fingerprint density at radius 2 is 1.79 bits per heavy atom. The van der Waals surface area contributed by atoms with Crippen molar-refractivity contribution in [2.24, 2.45) is 11.8 Å². The zero-order valence-corrected chi connectivity index (χ0v) is 16.9. The molecule has 5 nitrogen and oxygen atoms in total. The van der Waals surface area contributed by atoms with Crippen molar-refractivity contribution >= 4 is 11.7 Å². The summed E-state index contributed by atoms with van der Waals surface area (Å²) in [6, 6.07) is 16.5. The number of nitrogens with one attached hydrogen (secondary N) is 1. The molecule has 1 aliphatic carbocycles. The molecule has 1 unspecified atom stereocenters. The van der Waals surface area contributed by atoms with E-state index in [1.807, 2.05) is 53.4 Å². The van der Waals surface area contributed by atoms with Crippen LogP contribution in [-0.4, -0.2) is 56.2 Å². The minimum absolute atomic E-state index is 0.00412. The van der Waals surface area contributed by atoms with Crippen LogP contribution in [0.15, 0.2) is 48.5 Å². The van der Waals surface area contributed by atoms with Gasteiger partial charge in [-0.1, -0.05) is 30.3 Å². The van der Waals surface area contributed by atoms with Crippen molar-refractivity contribution in [1.82, 2.24) is 9.80 Å². The average molecular weight is 380 g/mol. The lowest BCUT2D eigenvalue weighted by molar-refractivity contribution is 0.0953. The van der Waals surface area contributed by atoms with Crippen molar-refractivity contribution in [3.63, 3.8) is 0 Å². The number of piperidine rings is 1. The first-order chi connectivity index (χ1) is 13.6. The minimum atomic E-state index is 0.00412. The number of rotatable bonds is 4. The molecule has 0 radical (unpaired) electrons. The van der Waals surface area contributed by atoms with Gasteiger partial charge in [0.2, 0.25) is 0 Å². The Morgan fingerprint density at radius 1 is 1.07 bits per heavy atom. The van der Waals surface area contributed by atoms with E-state index in [4.69, 9.17) is 4.74 Å². The van der Waals surface area contributed by atoms with E-state index in [0.29, 0.717) is 17.9 Å². The van der Waals surface area contributed by atoms with Crippen LogP contribution in [0.1, 0.15) is 12.8 Å². The lowest BCUT2D eigenvalue weighted by atomic mass is 9.91. The first-order valence-electron chi connectivity index (χ1n) is 10.0. The number of carbonyl (C=O) groups is 1. The van der Waals surface area contributed by atoms with Gasteiger partial charge < -0.3 is 19.9 Å². The molecule has 2 aromatic carbocycles. The minimum Gasteiger partial charge on any atom is -0.497 e. The van der Waals surface area contributed by atoms with E-state index >= 15 is 0 Å². The Hall–Kier alpha value is -2.53. The smallest absolute Gasteiger partial charge is 0.321 e. The number of likely N-dealkylation sites (tertiary alicyclic amines) is 1. The summed E-state index contributed by atoms with van der Waals surface area (Å²) in [5, 5.41) is 3.16. The van der Waals surface area contributed by atoms with E-state index in [1.165, 1.54) is 12.8 Å². The third-order valence-electron chi connectivity index (χ3n) is 6.22. The van der Waals surface area contributed by atoms with Gasteiger partial charge in [-0.15, -0.1) is 0 Å². The van der Waals surface area contributed by atoms with Gasteiger partial charge in [-0.25, -0.2) is 4.79 Å². The molecule has 4 rings (SSSR count). The van der Waals surface area contributed by atoms with Gasteiger partial charge >= 0.3 is 6.03 Å². The van der Waals surface area contributed by atoms with Crippen molar-refractivity contribution in [3.05, 3.63) is 48.5 Å². The molecular formula is C23H29N3O2. The first kappa shape index (κ1) is 18.8. The quantitative estimate of drug-likeness (QED) is 0.867. The first-order valence-corrected chi connectivity index (χ1v) is 10.0. The highest BCUT2D eigenvalue weighted by Crippen LogP contribution is 2.39. The van der Waals surface area contributed by atoms with Crippen LogP contribution in [-0.2, 0) is 0 Å². The third kappa shape index (κ3) is 3.59. The summed E-state index contributed by atoms with van der Waals surface area (Å²) >= 11 is 0. The summed E-state index contributed by atoms with van der Waals surface area (Å²) in [6.07, 6.45) is 2.44. The molecule has 2 aliphatic rings. The molecule has 2 aromatic rings. The summed E-state index contributed by atoms with van der Waals surface area (Å²) in [6.45, 7) is 1.68. The molecule has 28 heavy (non-hydrogen) atoms. The molecule has 0 spiro atoms. The molecule has 3 atom stereocenters. The second kappa shape index (κ2) is 7.84. The zero-order chi connectivity index (χ0) is 19.7. The topological polar surface area (TPSA) is 44.8 Å². The fraction of sp³-hybridized carbons (Fsp3) is 0.435. The number of benzene rings is 2. The van der Waals surface area contributed by atoms with Crippen LogP contribution in [0.2, 0.25) is 0 Å². The van der Waals surface area contributed by atoms with Gasteiger partial charge in [0.05, 0.1) is 12.8 Å². The molecule has 1 saturated carbocycles. The lowest BCUT2D eigenvalue weighted by Gasteiger charge is -2.41. The molecule has 2 fully saturated rings. The molecule has 1 heterocycles. The largest absolute Gasteiger partial charge is 0.497 e. The fourth-order valence-corrected chi connectivity index (χ4v) is 5.03. The van der Waals surface area contributed by atoms with Crippen LogP contribution in [0.3, 0.4) is 0 Å². The van der Waals surface area contributed by atoms with Crippen LogP contribution in [0.4, 0.5) is 10.5 Å². The number of ether oxygens (including phenoxy) is 1. The number of hydrogen-bond acceptors (Lipinski definition) is 3. The number of para-hydroxylation sites is 1. The molecule has 1 N–H and O–H groups in total. The lowest BCUT2D eigenvalue weighted by Crippen LogP contribution is -2.53. The van der Waals surface area contributed by atoms with Crippen molar-refractivity contribution in [1.29, 1.82) is 0 Å². The predicted molar refractivity (Wildman–Crippen MR) is 113 cm³/mol. The van der Waals surface area contributed by atoms with Crippen LogP contribution < -0.4 is 10.1 Å². The van der Waals surface area contributed by atoms with Crippen molar-refractivity contribution in [2.45, 2.75) is 18.9 Å². The van der Waals surface area contributed by atoms with Crippen LogP contribution >= 0.6 is 0 Å². The normalized spacial score (nSPS) is 23.7. The highest BCUT2D eigenvalue weighted by atomic mass is 16.5. The number of methoxy groups -OCH3 is 1. The van der Waals surface area contributed by atoms with Crippen molar-refractivity contribution in [2.75, 3.05) is 39.6 Å². The van der Waals surface area contributed by atoms with E-state index < -0.39 is 0 Å². The maximum Gasteiger partial charge on any atom is 0.321 e. The average Bonchev–Trinajstić information content (AvgIpc) is 2.98. The summed E-state index contributed by atoms with van der Waals surface area (Å²) in [4.78, 5) is 17.4. The maximum atomic E-state index is 13.0. The maximum absolute atomic E-state index is 13.0. The second-order valence-electron chi connectivity index (χ2n) is 8.16. The summed E-state index contributed by atoms with van der Waals surface area (Å²) in [5.41, 5.74) is 2.87. The van der Waals surface area contributed by atoms with Gasteiger partial charge in [-0.3, -0.25) is 0 Å². The predicted octanol–water partition coefficient (Wildman–Crippen LogP) is 4.17. The Balaban J connectivity index is 1.52. The van der Waals surface area contributed by atoms with E-state index in [2.05, 4.69) is 24.3 Å². The van der Waals surface area contributed by atoms with Gasteiger partial charge in [-0.2, -0.15) is 0 Å². The standard InChI is InChI=1S/C23H29N3O2/c1-25(2)22-17-11-12-18(22)15-26(14-17)23(27)24-21-10-5-4-9-20(21)16-7-6-8-19(13-16)28-3/h4-10,13,17-18,22H,11-12,14-15H2,1-3H3,(H,24,27)/t17-,18+,22?. The number of hydrogen-bond donors (Lipinski definition) is 1. The van der Waals surface area contributed by atoms with Gasteiger partial charge in [0.25, 0.3) is 0 Å². The van der Waals surface area contributed by atoms with Crippen molar-refractivity contribution in [3.8, 4) is 16.9 Å². The zero-order valence-electron chi connectivity index (χ0n) is 16.9. The summed E-state index contributed by atoms with van der Waals surface area (Å²) in [5.74, 6) is 1.96. The Morgan fingerprint density at radius 3 is 2.46 bits per heavy atom. The highest BCUT2D eigenvalue weighted by Gasteiger charge is 2.44. The molecule has 0 aromatic heterocycles. The van der Waals surface area contributed by atoms with Gasteiger partial charge in [0, 0.05) is 24.7 Å². The monoisotopic (exact) mass is 379 g/mol. The number of fused-ring (bicyclic) bond motifs is 2. The number of carbonyl (C=O) groups excluding carboxylic acids is 1. The van der Waals surface area contributed by atoms with Crippen molar-refractivity contribution < 1.29 is 9.53 Å². The van der Waals surface area contributed by atoms with Gasteiger partial charge in [0.1, 0.15) is 5.75 Å². The Kier molecular flexibility index (Phi) is 5.27. The third-order valence-corrected chi connectivity index (χ3v) is 6.22. The SMILES string of the molecule is COc1cccc(-c2ccccc2NC(=O)N2C[C@H]3CC[C@@H](C2)C3N(C)C)c1. The summed E-state index contributed by atoms with van der Waals surface area (Å²) in [7, 11) is 5.99. The van der Waals surface area contributed by atoms with E-state index in [1.54, 1.807) is 7.11 Å². The molecule has 2 bridgehead atoms. The molecule has 1 aliphatic heterocycles. The van der Waals surface area contributed by atoms with E-state index in [-0.39, 0.29) is 6.03 Å². The number of amides is 2. The van der Waals surface area contributed by atoms with Gasteiger partial charge in [0.15, 0.2) is 0 Å².